The van der Waals surface area contributed by atoms with E-state index in [1.807, 2.05) is 11.8 Å². The smallest absolute Gasteiger partial charge is 0.226 e. The molecule has 1 aliphatic rings. The van der Waals surface area contributed by atoms with Crippen LogP contribution in [-0.2, 0) is 4.79 Å². The summed E-state index contributed by atoms with van der Waals surface area (Å²) in [5.41, 5.74) is 0.740. The van der Waals surface area contributed by atoms with Crippen LogP contribution in [0.4, 0.5) is 11.5 Å². The van der Waals surface area contributed by atoms with Crippen LogP contribution in [0, 0.1) is 0 Å². The number of fused-ring (bicyclic) bond motifs is 1. The standard InChI is InChI=1S/C10H12ClN3O/c1-2-14-6-5-9(15)12-7-3-4-8(11)13-10(7)14/h3-4H,2,5-6H2,1H3,(H,12,15). The topological polar surface area (TPSA) is 45.2 Å². The Balaban J connectivity index is 2.45. The van der Waals surface area contributed by atoms with Crippen LogP contribution in [0.5, 0.6) is 0 Å². The van der Waals surface area contributed by atoms with Gasteiger partial charge in [-0.05, 0) is 19.1 Å². The summed E-state index contributed by atoms with van der Waals surface area (Å²) < 4.78 is 0. The summed E-state index contributed by atoms with van der Waals surface area (Å²) in [7, 11) is 0. The van der Waals surface area contributed by atoms with Gasteiger partial charge in [0.05, 0.1) is 5.69 Å². The molecular formula is C10H12ClN3O. The van der Waals surface area contributed by atoms with Gasteiger partial charge in [0.1, 0.15) is 5.15 Å². The van der Waals surface area contributed by atoms with Gasteiger partial charge in [0, 0.05) is 19.5 Å². The predicted octanol–water partition coefficient (Wildman–Crippen LogP) is 1.90. The molecule has 2 rings (SSSR count). The molecule has 0 saturated heterocycles. The first-order chi connectivity index (χ1) is 7.20. The Kier molecular flexibility index (Phi) is 2.77. The average molecular weight is 226 g/mol. The number of anilines is 2. The number of nitrogens with one attached hydrogen (secondary N) is 1. The number of pyridine rings is 1. The number of hydrogen-bond acceptors (Lipinski definition) is 3. The molecule has 1 aromatic heterocycles. The number of rotatable bonds is 1. The Labute approximate surface area is 93.2 Å². The zero-order valence-electron chi connectivity index (χ0n) is 8.46. The molecule has 2 heterocycles. The molecule has 1 aromatic rings. The molecule has 0 fully saturated rings. The summed E-state index contributed by atoms with van der Waals surface area (Å²) in [6.07, 6.45) is 0.488. The van der Waals surface area contributed by atoms with Crippen molar-refractivity contribution in [2.75, 3.05) is 23.3 Å². The van der Waals surface area contributed by atoms with Gasteiger partial charge in [-0.1, -0.05) is 11.6 Å². The Morgan fingerprint density at radius 1 is 1.60 bits per heavy atom. The Hall–Kier alpha value is -1.29. The molecule has 5 heteroatoms. The van der Waals surface area contributed by atoms with E-state index >= 15 is 0 Å². The van der Waals surface area contributed by atoms with E-state index in [2.05, 4.69) is 10.3 Å². The maximum atomic E-state index is 11.4. The summed E-state index contributed by atoms with van der Waals surface area (Å²) in [6, 6.07) is 3.47. The zero-order valence-corrected chi connectivity index (χ0v) is 9.21. The molecule has 0 spiro atoms. The highest BCUT2D eigenvalue weighted by Gasteiger charge is 2.19. The van der Waals surface area contributed by atoms with Gasteiger partial charge < -0.3 is 10.2 Å². The van der Waals surface area contributed by atoms with Crippen LogP contribution in [0.25, 0.3) is 0 Å². The van der Waals surface area contributed by atoms with E-state index in [9.17, 15) is 4.79 Å². The third kappa shape index (κ3) is 2.04. The minimum atomic E-state index is 0.0244. The van der Waals surface area contributed by atoms with Gasteiger partial charge in [-0.3, -0.25) is 4.79 Å². The van der Waals surface area contributed by atoms with Crippen molar-refractivity contribution in [3.05, 3.63) is 17.3 Å². The second-order valence-electron chi connectivity index (χ2n) is 3.38. The number of amides is 1. The molecule has 1 N–H and O–H groups in total. The second-order valence-corrected chi connectivity index (χ2v) is 3.77. The summed E-state index contributed by atoms with van der Waals surface area (Å²) in [5, 5.41) is 3.26. The van der Waals surface area contributed by atoms with Gasteiger partial charge in [0.2, 0.25) is 5.91 Å². The normalized spacial score (nSPS) is 15.6. The molecule has 0 aliphatic carbocycles. The molecule has 0 saturated carbocycles. The third-order valence-corrected chi connectivity index (χ3v) is 2.62. The van der Waals surface area contributed by atoms with E-state index in [1.165, 1.54) is 0 Å². The fourth-order valence-corrected chi connectivity index (χ4v) is 1.77. The molecular weight excluding hydrogens is 214 g/mol. The van der Waals surface area contributed by atoms with Gasteiger partial charge in [-0.25, -0.2) is 4.98 Å². The van der Waals surface area contributed by atoms with Crippen molar-refractivity contribution < 1.29 is 4.79 Å². The minimum Gasteiger partial charge on any atom is -0.355 e. The van der Waals surface area contributed by atoms with E-state index in [0.717, 1.165) is 18.1 Å². The van der Waals surface area contributed by atoms with Crippen LogP contribution in [-0.4, -0.2) is 24.0 Å². The molecule has 1 amide bonds. The molecule has 0 bridgehead atoms. The second kappa shape index (κ2) is 4.06. The fraction of sp³-hybridized carbons (Fsp3) is 0.400. The summed E-state index contributed by atoms with van der Waals surface area (Å²) in [6.45, 7) is 3.53. The van der Waals surface area contributed by atoms with Crippen LogP contribution in [0.3, 0.4) is 0 Å². The maximum absolute atomic E-state index is 11.4. The van der Waals surface area contributed by atoms with Crippen molar-refractivity contribution in [3.63, 3.8) is 0 Å². The van der Waals surface area contributed by atoms with Crippen molar-refractivity contribution >= 4 is 29.0 Å². The van der Waals surface area contributed by atoms with E-state index in [0.29, 0.717) is 18.1 Å². The lowest BCUT2D eigenvalue weighted by Gasteiger charge is -2.20. The average Bonchev–Trinajstić information content (AvgIpc) is 2.37. The van der Waals surface area contributed by atoms with Crippen LogP contribution in [0.1, 0.15) is 13.3 Å². The molecule has 15 heavy (non-hydrogen) atoms. The molecule has 1 aliphatic heterocycles. The highest BCUT2D eigenvalue weighted by atomic mass is 35.5. The molecule has 0 radical (unpaired) electrons. The molecule has 0 unspecified atom stereocenters. The van der Waals surface area contributed by atoms with Crippen molar-refractivity contribution in [1.82, 2.24) is 4.98 Å². The molecule has 80 valence electrons. The first-order valence-electron chi connectivity index (χ1n) is 4.92. The van der Waals surface area contributed by atoms with E-state index in [4.69, 9.17) is 11.6 Å². The van der Waals surface area contributed by atoms with Crippen LogP contribution < -0.4 is 10.2 Å². The van der Waals surface area contributed by atoms with Crippen molar-refractivity contribution in [2.24, 2.45) is 0 Å². The number of halogens is 1. The zero-order chi connectivity index (χ0) is 10.8. The number of carbonyl (C=O) groups excluding carboxylic acids is 1. The summed E-state index contributed by atoms with van der Waals surface area (Å²) in [5.74, 6) is 0.784. The first-order valence-corrected chi connectivity index (χ1v) is 5.30. The summed E-state index contributed by atoms with van der Waals surface area (Å²) >= 11 is 5.84. The van der Waals surface area contributed by atoms with Gasteiger partial charge in [0.15, 0.2) is 5.82 Å². The number of hydrogen-bond donors (Lipinski definition) is 1. The highest BCUT2D eigenvalue weighted by Crippen LogP contribution is 2.27. The lowest BCUT2D eigenvalue weighted by atomic mass is 10.3. The molecule has 0 atom stereocenters. The van der Waals surface area contributed by atoms with E-state index < -0.39 is 0 Å². The minimum absolute atomic E-state index is 0.0244. The SMILES string of the molecule is CCN1CCC(=O)Nc2ccc(Cl)nc21. The van der Waals surface area contributed by atoms with Crippen molar-refractivity contribution in [3.8, 4) is 0 Å². The Morgan fingerprint density at radius 2 is 2.40 bits per heavy atom. The molecule has 4 nitrogen and oxygen atoms in total. The Morgan fingerprint density at radius 3 is 3.13 bits per heavy atom. The quantitative estimate of drug-likeness (QED) is 0.743. The Bertz CT molecular complexity index is 394. The van der Waals surface area contributed by atoms with Crippen molar-refractivity contribution in [2.45, 2.75) is 13.3 Å². The third-order valence-electron chi connectivity index (χ3n) is 2.41. The monoisotopic (exact) mass is 225 g/mol. The van der Waals surface area contributed by atoms with Gasteiger partial charge in [0.25, 0.3) is 0 Å². The van der Waals surface area contributed by atoms with E-state index in [1.54, 1.807) is 12.1 Å². The van der Waals surface area contributed by atoms with Crippen LogP contribution >= 0.6 is 11.6 Å². The highest BCUT2D eigenvalue weighted by molar-refractivity contribution is 6.29. The van der Waals surface area contributed by atoms with Crippen molar-refractivity contribution in [1.29, 1.82) is 0 Å². The number of carbonyl (C=O) groups is 1. The predicted molar refractivity (Wildman–Crippen MR) is 60.4 cm³/mol. The largest absolute Gasteiger partial charge is 0.355 e. The van der Waals surface area contributed by atoms with E-state index in [-0.39, 0.29) is 5.91 Å². The van der Waals surface area contributed by atoms with Gasteiger partial charge >= 0.3 is 0 Å². The lowest BCUT2D eigenvalue weighted by molar-refractivity contribution is -0.115. The summed E-state index contributed by atoms with van der Waals surface area (Å²) in [4.78, 5) is 17.7. The number of aromatic nitrogens is 1. The molecule has 0 aromatic carbocycles. The van der Waals surface area contributed by atoms with Crippen LogP contribution in [0.15, 0.2) is 12.1 Å². The first kappa shape index (κ1) is 10.2. The number of nitrogens with zero attached hydrogens (tertiary/aromatic N) is 2. The van der Waals surface area contributed by atoms with Crippen LogP contribution in [0.2, 0.25) is 5.15 Å². The fourth-order valence-electron chi connectivity index (χ4n) is 1.63. The lowest BCUT2D eigenvalue weighted by Crippen LogP contribution is -2.24. The van der Waals surface area contributed by atoms with Gasteiger partial charge in [-0.2, -0.15) is 0 Å². The van der Waals surface area contributed by atoms with Gasteiger partial charge in [-0.15, -0.1) is 0 Å². The maximum Gasteiger partial charge on any atom is 0.226 e.